The summed E-state index contributed by atoms with van der Waals surface area (Å²) in [5, 5.41) is 4.02. The van der Waals surface area contributed by atoms with Crippen LogP contribution in [0.3, 0.4) is 0 Å². The molecule has 2 aromatic heterocycles. The van der Waals surface area contributed by atoms with Crippen LogP contribution in [0.25, 0.3) is 27.8 Å². The van der Waals surface area contributed by atoms with E-state index < -0.39 is 17.1 Å². The number of hydrazine groups is 1. The predicted octanol–water partition coefficient (Wildman–Crippen LogP) is 4.20. The van der Waals surface area contributed by atoms with Crippen LogP contribution in [0.2, 0.25) is 0 Å². The average molecular weight is 652 g/mol. The highest BCUT2D eigenvalue weighted by molar-refractivity contribution is 5.94. The van der Waals surface area contributed by atoms with E-state index in [-0.39, 0.29) is 34.6 Å². The number of aromatic nitrogens is 3. The van der Waals surface area contributed by atoms with Crippen molar-refractivity contribution in [3.05, 3.63) is 93.0 Å². The highest BCUT2D eigenvalue weighted by Gasteiger charge is 2.66. The molecule has 1 spiro atoms. The Hall–Kier alpha value is -4.19. The number of halogens is 1. The van der Waals surface area contributed by atoms with E-state index >= 15 is 0 Å². The molecule has 2 aromatic carbocycles. The number of likely N-dealkylation sites (N-methyl/N-ethyl adjacent to an activating group) is 2. The number of hydrogen-bond acceptors (Lipinski definition) is 7. The van der Waals surface area contributed by atoms with Crippen LogP contribution in [0.15, 0.2) is 70.4 Å². The standard InChI is InChI=1S/C37H42FN7O3/c1-3-41-17-19-42(20-18-41)24-25-7-9-26(10-8-25)27-5-4-6-31(21-27)43-33-32(22-28(38)23-39-33)34(46)44(36(43)48)29-11-13-30(14-12-29)45-35(47)37(15-16-37)40(45)2/h4-10,21-23,29-30H,3,11-20,24H2,1-2H3/t29-,30+. The van der Waals surface area contributed by atoms with Crippen molar-refractivity contribution in [1.82, 2.24) is 33.9 Å². The summed E-state index contributed by atoms with van der Waals surface area (Å²) in [7, 11) is 1.98. The molecule has 2 aliphatic carbocycles. The molecule has 0 N–H and O–H groups in total. The molecule has 2 saturated heterocycles. The van der Waals surface area contributed by atoms with E-state index in [9.17, 15) is 18.8 Å². The molecule has 1 amide bonds. The Labute approximate surface area is 279 Å². The number of piperazine rings is 1. The summed E-state index contributed by atoms with van der Waals surface area (Å²) in [6.45, 7) is 8.55. The third-order valence-corrected chi connectivity index (χ3v) is 11.3. The maximum absolute atomic E-state index is 14.5. The lowest BCUT2D eigenvalue weighted by Gasteiger charge is -2.53. The first-order valence-corrected chi connectivity index (χ1v) is 17.3. The van der Waals surface area contributed by atoms with Crippen molar-refractivity contribution in [3.63, 3.8) is 0 Å². The Balaban J connectivity index is 1.08. The number of carbonyl (C=O) groups excluding carboxylic acids is 1. The second kappa shape index (κ2) is 12.0. The normalized spacial score (nSPS) is 23.1. The lowest BCUT2D eigenvalue weighted by atomic mass is 9.89. The van der Waals surface area contributed by atoms with Gasteiger partial charge in [0.25, 0.3) is 11.5 Å². The van der Waals surface area contributed by atoms with Crippen LogP contribution >= 0.6 is 0 Å². The molecule has 2 saturated carbocycles. The Morgan fingerprint density at radius 3 is 2.21 bits per heavy atom. The van der Waals surface area contributed by atoms with E-state index in [4.69, 9.17) is 0 Å². The van der Waals surface area contributed by atoms with Gasteiger partial charge in [0.05, 0.1) is 17.3 Å². The summed E-state index contributed by atoms with van der Waals surface area (Å²) < 4.78 is 17.2. The Morgan fingerprint density at radius 1 is 0.854 bits per heavy atom. The second-order valence-electron chi connectivity index (χ2n) is 13.9. The van der Waals surface area contributed by atoms with Gasteiger partial charge in [-0.05, 0) is 80.0 Å². The summed E-state index contributed by atoms with van der Waals surface area (Å²) in [4.78, 5) is 50.2. The molecule has 4 aliphatic rings. The van der Waals surface area contributed by atoms with E-state index in [1.807, 2.05) is 36.3 Å². The van der Waals surface area contributed by atoms with E-state index in [2.05, 4.69) is 51.0 Å². The van der Waals surface area contributed by atoms with Gasteiger partial charge in [0.1, 0.15) is 11.4 Å². The number of nitrogens with zero attached hydrogens (tertiary/aromatic N) is 7. The number of amides is 1. The third kappa shape index (κ3) is 5.19. The first kappa shape index (κ1) is 31.1. The highest BCUT2D eigenvalue weighted by Crippen LogP contribution is 2.52. The van der Waals surface area contributed by atoms with Crippen molar-refractivity contribution >= 4 is 16.9 Å². The van der Waals surface area contributed by atoms with Crippen LogP contribution in [0, 0.1) is 5.82 Å². The van der Waals surface area contributed by atoms with Gasteiger partial charge in [-0.2, -0.15) is 0 Å². The summed E-state index contributed by atoms with van der Waals surface area (Å²) in [5.41, 5.74) is 2.59. The van der Waals surface area contributed by atoms with Gasteiger partial charge < -0.3 is 4.90 Å². The zero-order valence-electron chi connectivity index (χ0n) is 27.6. The molecule has 8 rings (SSSR count). The molecule has 4 aromatic rings. The van der Waals surface area contributed by atoms with E-state index in [1.54, 1.807) is 0 Å². The van der Waals surface area contributed by atoms with Gasteiger partial charge in [0.15, 0.2) is 5.65 Å². The van der Waals surface area contributed by atoms with Crippen LogP contribution < -0.4 is 11.2 Å². The fourth-order valence-corrected chi connectivity index (χ4v) is 8.16. The molecule has 4 heterocycles. The topological polar surface area (TPSA) is 86.9 Å². The van der Waals surface area contributed by atoms with Crippen molar-refractivity contribution in [1.29, 1.82) is 0 Å². The van der Waals surface area contributed by atoms with Crippen molar-refractivity contribution in [2.24, 2.45) is 0 Å². The first-order chi connectivity index (χ1) is 23.3. The van der Waals surface area contributed by atoms with E-state index in [1.165, 1.54) is 20.8 Å². The maximum atomic E-state index is 14.5. The minimum Gasteiger partial charge on any atom is -0.301 e. The summed E-state index contributed by atoms with van der Waals surface area (Å²) in [6, 6.07) is 17.0. The molecule has 48 heavy (non-hydrogen) atoms. The Morgan fingerprint density at radius 2 is 1.54 bits per heavy atom. The molecular formula is C37H42FN7O3. The number of hydrogen-bond donors (Lipinski definition) is 0. The molecule has 250 valence electrons. The van der Waals surface area contributed by atoms with Crippen LogP contribution in [-0.4, -0.2) is 91.2 Å². The number of fused-ring (bicyclic) bond motifs is 1. The number of rotatable bonds is 7. The predicted molar refractivity (Wildman–Crippen MR) is 182 cm³/mol. The van der Waals surface area contributed by atoms with Gasteiger partial charge in [-0.15, -0.1) is 0 Å². The minimum atomic E-state index is -0.630. The lowest BCUT2D eigenvalue weighted by Crippen LogP contribution is -2.72. The summed E-state index contributed by atoms with van der Waals surface area (Å²) in [5.74, 6) is -0.435. The van der Waals surface area contributed by atoms with Crippen LogP contribution in [0.1, 0.15) is 57.1 Å². The first-order valence-electron chi connectivity index (χ1n) is 17.3. The maximum Gasteiger partial charge on any atom is 0.337 e. The molecule has 0 radical (unpaired) electrons. The number of carbonyl (C=O) groups is 1. The Bertz CT molecular complexity index is 1990. The van der Waals surface area contributed by atoms with E-state index in [0.717, 1.165) is 69.4 Å². The lowest BCUT2D eigenvalue weighted by molar-refractivity contribution is -0.207. The van der Waals surface area contributed by atoms with Gasteiger partial charge in [0, 0.05) is 51.9 Å². The molecule has 11 heteroatoms. The fraction of sp³-hybridized carbons (Fsp3) is 0.459. The van der Waals surface area contributed by atoms with Crippen molar-refractivity contribution in [2.75, 3.05) is 39.8 Å². The van der Waals surface area contributed by atoms with Gasteiger partial charge in [-0.1, -0.05) is 43.3 Å². The summed E-state index contributed by atoms with van der Waals surface area (Å²) in [6.07, 6.45) is 5.37. The van der Waals surface area contributed by atoms with Gasteiger partial charge in [0.2, 0.25) is 0 Å². The quantitative estimate of drug-likeness (QED) is 0.296. The molecule has 0 atom stereocenters. The van der Waals surface area contributed by atoms with Gasteiger partial charge in [-0.3, -0.25) is 24.1 Å². The molecule has 4 fully saturated rings. The Kier molecular flexibility index (Phi) is 7.81. The zero-order chi connectivity index (χ0) is 33.2. The number of benzene rings is 2. The van der Waals surface area contributed by atoms with Crippen LogP contribution in [0.4, 0.5) is 4.39 Å². The van der Waals surface area contributed by atoms with E-state index in [0.29, 0.717) is 31.4 Å². The summed E-state index contributed by atoms with van der Waals surface area (Å²) >= 11 is 0. The van der Waals surface area contributed by atoms with Crippen molar-refractivity contribution in [2.45, 2.75) is 69.6 Å². The van der Waals surface area contributed by atoms with Gasteiger partial charge in [-0.25, -0.2) is 23.7 Å². The molecular weight excluding hydrogens is 609 g/mol. The van der Waals surface area contributed by atoms with Crippen molar-refractivity contribution < 1.29 is 9.18 Å². The highest BCUT2D eigenvalue weighted by atomic mass is 19.1. The molecule has 0 unspecified atom stereocenters. The van der Waals surface area contributed by atoms with Crippen LogP contribution in [0.5, 0.6) is 0 Å². The van der Waals surface area contributed by atoms with Crippen LogP contribution in [-0.2, 0) is 11.3 Å². The largest absolute Gasteiger partial charge is 0.337 e. The van der Waals surface area contributed by atoms with Gasteiger partial charge >= 0.3 is 5.69 Å². The zero-order valence-corrected chi connectivity index (χ0v) is 27.6. The fourth-order valence-electron chi connectivity index (χ4n) is 8.16. The molecule has 0 bridgehead atoms. The van der Waals surface area contributed by atoms with Crippen molar-refractivity contribution in [3.8, 4) is 16.8 Å². The minimum absolute atomic E-state index is 0.0526. The second-order valence-corrected chi connectivity index (χ2v) is 13.9. The molecule has 2 aliphatic heterocycles. The monoisotopic (exact) mass is 651 g/mol. The SMILES string of the molecule is CCN1CCN(Cc2ccc(-c3cccc(-n4c(=O)n([C@H]5CC[C@@H](N6C(=O)C7(CC7)N6C)CC5)c(=O)c5cc(F)cnc54)c3)cc2)CC1. The number of pyridine rings is 1. The molecule has 10 nitrogen and oxygen atoms in total. The average Bonchev–Trinajstić information content (AvgIpc) is 3.95. The third-order valence-electron chi connectivity index (χ3n) is 11.3. The smallest absolute Gasteiger partial charge is 0.301 e.